The van der Waals surface area contributed by atoms with E-state index < -0.39 is 0 Å². The number of pyridine rings is 1. The number of carbonyl (C=O) groups excluding carboxylic acids is 1. The lowest BCUT2D eigenvalue weighted by Crippen LogP contribution is -2.41. The molecule has 1 amide bonds. The van der Waals surface area contributed by atoms with E-state index >= 15 is 0 Å². The van der Waals surface area contributed by atoms with Gasteiger partial charge in [0.2, 0.25) is 0 Å². The SMILES string of the molecule is CC1CCN(C(=O)OC(C)(C)C)CC1.O=c1[nH]c2c(c3ccccc13)COCC2. The predicted octanol–water partition coefficient (Wildman–Crippen LogP) is 4.25. The number of nitrogens with one attached hydrogen (secondary N) is 1. The molecule has 0 spiro atoms. The maximum atomic E-state index is 11.8. The summed E-state index contributed by atoms with van der Waals surface area (Å²) < 4.78 is 10.7. The van der Waals surface area contributed by atoms with Gasteiger partial charge in [-0.15, -0.1) is 0 Å². The van der Waals surface area contributed by atoms with Gasteiger partial charge in [-0.3, -0.25) is 4.79 Å². The molecule has 1 fully saturated rings. The smallest absolute Gasteiger partial charge is 0.410 e. The summed E-state index contributed by atoms with van der Waals surface area (Å²) in [7, 11) is 0. The molecule has 6 heteroatoms. The number of aromatic nitrogens is 1. The van der Waals surface area contributed by atoms with Crippen LogP contribution in [0.1, 0.15) is 51.8 Å². The van der Waals surface area contributed by atoms with Gasteiger partial charge in [-0.1, -0.05) is 25.1 Å². The third-order valence-corrected chi connectivity index (χ3v) is 5.30. The average molecular weight is 401 g/mol. The Morgan fingerprint density at radius 1 is 1.17 bits per heavy atom. The molecule has 0 atom stereocenters. The first kappa shape index (κ1) is 21.4. The van der Waals surface area contributed by atoms with Crippen LogP contribution >= 0.6 is 0 Å². The van der Waals surface area contributed by atoms with Crippen molar-refractivity contribution in [3.63, 3.8) is 0 Å². The van der Waals surface area contributed by atoms with Crippen LogP contribution in [0.15, 0.2) is 29.1 Å². The fourth-order valence-electron chi connectivity index (χ4n) is 3.63. The fraction of sp³-hybridized carbons (Fsp3) is 0.565. The molecule has 1 aromatic carbocycles. The molecule has 0 bridgehead atoms. The Morgan fingerprint density at radius 3 is 2.48 bits per heavy atom. The summed E-state index contributed by atoms with van der Waals surface area (Å²) in [6.45, 7) is 10.9. The van der Waals surface area contributed by atoms with E-state index in [0.717, 1.165) is 60.3 Å². The third-order valence-electron chi connectivity index (χ3n) is 5.30. The van der Waals surface area contributed by atoms with Gasteiger partial charge in [-0.05, 0) is 51.0 Å². The number of ether oxygens (including phenoxy) is 2. The van der Waals surface area contributed by atoms with E-state index in [-0.39, 0.29) is 17.3 Å². The Bertz CT molecular complexity index is 905. The molecule has 0 saturated carbocycles. The van der Waals surface area contributed by atoms with Crippen molar-refractivity contribution in [1.29, 1.82) is 0 Å². The highest BCUT2D eigenvalue weighted by atomic mass is 16.6. The van der Waals surface area contributed by atoms with Gasteiger partial charge in [-0.2, -0.15) is 0 Å². The van der Waals surface area contributed by atoms with Crippen molar-refractivity contribution in [2.45, 2.75) is 59.2 Å². The minimum atomic E-state index is -0.375. The number of amides is 1. The molecule has 3 heterocycles. The lowest BCUT2D eigenvalue weighted by molar-refractivity contribution is 0.0190. The number of carbonyl (C=O) groups is 1. The number of hydrogen-bond acceptors (Lipinski definition) is 4. The van der Waals surface area contributed by atoms with Gasteiger partial charge >= 0.3 is 6.09 Å². The number of benzene rings is 1. The highest BCUT2D eigenvalue weighted by molar-refractivity contribution is 5.85. The van der Waals surface area contributed by atoms with Crippen LogP contribution in [0.3, 0.4) is 0 Å². The molecule has 1 aromatic heterocycles. The van der Waals surface area contributed by atoms with Crippen LogP contribution in [-0.2, 0) is 22.5 Å². The Labute approximate surface area is 172 Å². The Balaban J connectivity index is 0.000000166. The van der Waals surface area contributed by atoms with Gasteiger partial charge in [0.05, 0.1) is 13.2 Å². The highest BCUT2D eigenvalue weighted by Gasteiger charge is 2.25. The highest BCUT2D eigenvalue weighted by Crippen LogP contribution is 2.22. The summed E-state index contributed by atoms with van der Waals surface area (Å²) in [5.41, 5.74) is 1.80. The van der Waals surface area contributed by atoms with E-state index in [0.29, 0.717) is 13.2 Å². The number of hydrogen-bond donors (Lipinski definition) is 1. The second-order valence-corrected chi connectivity index (χ2v) is 8.91. The van der Waals surface area contributed by atoms with Crippen LogP contribution in [0.25, 0.3) is 10.8 Å². The summed E-state index contributed by atoms with van der Waals surface area (Å²) >= 11 is 0. The molecule has 0 unspecified atom stereocenters. The van der Waals surface area contributed by atoms with E-state index in [4.69, 9.17) is 9.47 Å². The first-order valence-corrected chi connectivity index (χ1v) is 10.4. The van der Waals surface area contributed by atoms with Gasteiger partial charge in [-0.25, -0.2) is 4.79 Å². The number of rotatable bonds is 0. The number of piperidine rings is 1. The van der Waals surface area contributed by atoms with E-state index in [1.807, 2.05) is 49.9 Å². The minimum absolute atomic E-state index is 0.00579. The largest absolute Gasteiger partial charge is 0.444 e. The quantitative estimate of drug-likeness (QED) is 0.717. The molecule has 2 aliphatic heterocycles. The standard InChI is InChI=1S/C12H11NO2.C11H21NO2/c14-12-9-4-2-1-3-8(9)10-7-15-6-5-11(10)13-12;1-9-5-7-12(8-6-9)10(13)14-11(2,3)4/h1-4H,5-7H2,(H,13,14);9H,5-8H2,1-4H3. The fourth-order valence-corrected chi connectivity index (χ4v) is 3.63. The second-order valence-electron chi connectivity index (χ2n) is 8.91. The molecular formula is C23H32N2O4. The molecule has 6 nitrogen and oxygen atoms in total. The molecule has 2 aliphatic rings. The zero-order chi connectivity index (χ0) is 21.0. The zero-order valence-electron chi connectivity index (χ0n) is 17.9. The predicted molar refractivity (Wildman–Crippen MR) is 114 cm³/mol. The number of likely N-dealkylation sites (tertiary alicyclic amines) is 1. The Hall–Kier alpha value is -2.34. The molecular weight excluding hydrogens is 368 g/mol. The first-order chi connectivity index (χ1) is 13.7. The van der Waals surface area contributed by atoms with Crippen LogP contribution in [0, 0.1) is 5.92 Å². The average Bonchev–Trinajstić information content (AvgIpc) is 2.68. The van der Waals surface area contributed by atoms with Crippen LogP contribution in [0.5, 0.6) is 0 Å². The molecule has 1 N–H and O–H groups in total. The summed E-state index contributed by atoms with van der Waals surface area (Å²) in [5, 5.41) is 1.78. The van der Waals surface area contributed by atoms with Gasteiger partial charge in [0.1, 0.15) is 5.60 Å². The summed E-state index contributed by atoms with van der Waals surface area (Å²) in [6, 6.07) is 7.67. The third kappa shape index (κ3) is 5.60. The van der Waals surface area contributed by atoms with Crippen molar-refractivity contribution < 1.29 is 14.3 Å². The van der Waals surface area contributed by atoms with Crippen molar-refractivity contribution in [1.82, 2.24) is 9.88 Å². The molecule has 0 aliphatic carbocycles. The molecule has 0 radical (unpaired) electrons. The number of fused-ring (bicyclic) bond motifs is 3. The summed E-state index contributed by atoms with van der Waals surface area (Å²) in [4.78, 5) is 28.1. The van der Waals surface area contributed by atoms with E-state index in [1.54, 1.807) is 0 Å². The normalized spacial score (nSPS) is 17.3. The molecule has 4 rings (SSSR count). The van der Waals surface area contributed by atoms with Crippen molar-refractivity contribution >= 4 is 16.9 Å². The van der Waals surface area contributed by atoms with E-state index in [2.05, 4.69) is 11.9 Å². The number of aromatic amines is 1. The van der Waals surface area contributed by atoms with Gasteiger partial charge in [0.25, 0.3) is 5.56 Å². The van der Waals surface area contributed by atoms with Gasteiger partial charge in [0, 0.05) is 36.2 Å². The summed E-state index contributed by atoms with van der Waals surface area (Å²) in [5.74, 6) is 0.744. The van der Waals surface area contributed by atoms with Crippen LogP contribution in [-0.4, -0.2) is 41.3 Å². The maximum absolute atomic E-state index is 11.8. The lowest BCUT2D eigenvalue weighted by Gasteiger charge is -2.32. The van der Waals surface area contributed by atoms with Crippen molar-refractivity contribution in [2.75, 3.05) is 19.7 Å². The number of H-pyrrole nitrogens is 1. The van der Waals surface area contributed by atoms with Crippen molar-refractivity contribution in [3.05, 3.63) is 45.9 Å². The van der Waals surface area contributed by atoms with Crippen LogP contribution in [0.4, 0.5) is 4.79 Å². The maximum Gasteiger partial charge on any atom is 0.410 e. The topological polar surface area (TPSA) is 71.6 Å². The van der Waals surface area contributed by atoms with Crippen LogP contribution < -0.4 is 5.56 Å². The van der Waals surface area contributed by atoms with Gasteiger partial charge < -0.3 is 19.4 Å². The van der Waals surface area contributed by atoms with Crippen molar-refractivity contribution in [3.8, 4) is 0 Å². The molecule has 29 heavy (non-hydrogen) atoms. The zero-order valence-corrected chi connectivity index (χ0v) is 17.9. The van der Waals surface area contributed by atoms with E-state index in [9.17, 15) is 9.59 Å². The summed E-state index contributed by atoms with van der Waals surface area (Å²) in [6.07, 6.45) is 2.83. The Morgan fingerprint density at radius 2 is 1.83 bits per heavy atom. The number of nitrogens with zero attached hydrogens (tertiary/aromatic N) is 1. The molecule has 2 aromatic rings. The Kier molecular flexibility index (Phi) is 6.63. The van der Waals surface area contributed by atoms with Gasteiger partial charge in [0.15, 0.2) is 0 Å². The minimum Gasteiger partial charge on any atom is -0.444 e. The second kappa shape index (κ2) is 8.99. The van der Waals surface area contributed by atoms with Crippen LogP contribution in [0.2, 0.25) is 0 Å². The lowest BCUT2D eigenvalue weighted by atomic mass is 10.00. The molecule has 1 saturated heterocycles. The van der Waals surface area contributed by atoms with E-state index in [1.165, 1.54) is 0 Å². The van der Waals surface area contributed by atoms with Crippen molar-refractivity contribution in [2.24, 2.45) is 5.92 Å². The molecule has 158 valence electrons. The first-order valence-electron chi connectivity index (χ1n) is 10.4. The monoisotopic (exact) mass is 400 g/mol.